The highest BCUT2D eigenvalue weighted by Crippen LogP contribution is 2.40. The van der Waals surface area contributed by atoms with Crippen molar-refractivity contribution in [2.24, 2.45) is 7.05 Å². The standard InChI is InChI=1S/C13H16ClN3O/c1-7-5-8(2)12(14)13(18-4)11(7)9-6-10(15)17(3)16-9/h5-6H,15H2,1-4H3. The van der Waals surface area contributed by atoms with Crippen molar-refractivity contribution in [1.82, 2.24) is 9.78 Å². The summed E-state index contributed by atoms with van der Waals surface area (Å²) in [7, 11) is 3.41. The van der Waals surface area contributed by atoms with Crippen molar-refractivity contribution in [2.45, 2.75) is 13.8 Å². The first-order valence-electron chi connectivity index (χ1n) is 5.59. The van der Waals surface area contributed by atoms with Crippen LogP contribution in [0.3, 0.4) is 0 Å². The van der Waals surface area contributed by atoms with E-state index in [1.807, 2.05) is 26.0 Å². The van der Waals surface area contributed by atoms with Gasteiger partial charge in [0.05, 0.1) is 17.8 Å². The summed E-state index contributed by atoms with van der Waals surface area (Å²) in [4.78, 5) is 0. The zero-order valence-corrected chi connectivity index (χ0v) is 11.7. The molecule has 2 rings (SSSR count). The quantitative estimate of drug-likeness (QED) is 0.908. The molecule has 0 bridgehead atoms. The summed E-state index contributed by atoms with van der Waals surface area (Å²) >= 11 is 6.28. The summed E-state index contributed by atoms with van der Waals surface area (Å²) in [6.45, 7) is 3.96. The summed E-state index contributed by atoms with van der Waals surface area (Å²) in [6, 6.07) is 3.83. The van der Waals surface area contributed by atoms with Gasteiger partial charge in [0, 0.05) is 18.7 Å². The van der Waals surface area contributed by atoms with Gasteiger partial charge in [-0.1, -0.05) is 17.7 Å². The lowest BCUT2D eigenvalue weighted by molar-refractivity contribution is 0.416. The second-order valence-electron chi connectivity index (χ2n) is 4.31. The summed E-state index contributed by atoms with van der Waals surface area (Å²) in [5, 5.41) is 4.99. The lowest BCUT2D eigenvalue weighted by Gasteiger charge is -2.13. The minimum absolute atomic E-state index is 0.600. The fourth-order valence-corrected chi connectivity index (χ4v) is 2.27. The Labute approximate surface area is 111 Å². The van der Waals surface area contributed by atoms with Gasteiger partial charge in [0.25, 0.3) is 0 Å². The molecule has 1 aromatic heterocycles. The first-order valence-corrected chi connectivity index (χ1v) is 5.97. The van der Waals surface area contributed by atoms with Crippen molar-refractivity contribution in [1.29, 1.82) is 0 Å². The number of hydrogen-bond acceptors (Lipinski definition) is 3. The van der Waals surface area contributed by atoms with E-state index in [9.17, 15) is 0 Å². The lowest BCUT2D eigenvalue weighted by atomic mass is 10.0. The van der Waals surface area contributed by atoms with Crippen LogP contribution in [-0.2, 0) is 7.05 Å². The van der Waals surface area contributed by atoms with Gasteiger partial charge in [-0.15, -0.1) is 0 Å². The summed E-state index contributed by atoms with van der Waals surface area (Å²) < 4.78 is 7.05. The van der Waals surface area contributed by atoms with Crippen LogP contribution < -0.4 is 10.5 Å². The number of nitrogens with two attached hydrogens (primary N) is 1. The molecule has 2 aromatic rings. The first kappa shape index (κ1) is 12.8. The second-order valence-corrected chi connectivity index (χ2v) is 4.69. The smallest absolute Gasteiger partial charge is 0.147 e. The van der Waals surface area contributed by atoms with Gasteiger partial charge in [-0.25, -0.2) is 0 Å². The van der Waals surface area contributed by atoms with Crippen molar-refractivity contribution in [2.75, 3.05) is 12.8 Å². The number of halogens is 1. The number of aromatic nitrogens is 2. The number of nitrogens with zero attached hydrogens (tertiary/aromatic N) is 2. The Hall–Kier alpha value is -1.68. The van der Waals surface area contributed by atoms with Crippen molar-refractivity contribution in [3.8, 4) is 17.0 Å². The molecule has 4 nitrogen and oxygen atoms in total. The molecule has 0 atom stereocenters. The highest BCUT2D eigenvalue weighted by molar-refractivity contribution is 6.33. The Morgan fingerprint density at radius 3 is 2.44 bits per heavy atom. The fraction of sp³-hybridized carbons (Fsp3) is 0.308. The van der Waals surface area contributed by atoms with Gasteiger partial charge in [-0.2, -0.15) is 5.10 Å². The zero-order valence-electron chi connectivity index (χ0n) is 10.9. The van der Waals surface area contributed by atoms with Crippen LogP contribution in [0.25, 0.3) is 11.3 Å². The van der Waals surface area contributed by atoms with Crippen LogP contribution in [0, 0.1) is 13.8 Å². The Bertz CT molecular complexity index is 585. The molecule has 0 amide bonds. The van der Waals surface area contributed by atoms with Gasteiger partial charge in [-0.3, -0.25) is 4.68 Å². The maximum atomic E-state index is 6.28. The topological polar surface area (TPSA) is 53.1 Å². The molecule has 1 heterocycles. The molecule has 0 saturated heterocycles. The van der Waals surface area contributed by atoms with Crippen LogP contribution in [0.1, 0.15) is 11.1 Å². The molecule has 0 aliphatic rings. The monoisotopic (exact) mass is 265 g/mol. The third-order valence-electron chi connectivity index (χ3n) is 2.98. The van der Waals surface area contributed by atoms with Gasteiger partial charge in [0.2, 0.25) is 0 Å². The Morgan fingerprint density at radius 1 is 1.28 bits per heavy atom. The zero-order chi connectivity index (χ0) is 13.4. The predicted molar refractivity (Wildman–Crippen MR) is 74.1 cm³/mol. The van der Waals surface area contributed by atoms with E-state index in [-0.39, 0.29) is 0 Å². The van der Waals surface area contributed by atoms with E-state index >= 15 is 0 Å². The fourth-order valence-electron chi connectivity index (χ4n) is 2.04. The minimum atomic E-state index is 0.600. The van der Waals surface area contributed by atoms with Crippen LogP contribution in [-0.4, -0.2) is 16.9 Å². The number of nitrogen functional groups attached to an aromatic ring is 1. The van der Waals surface area contributed by atoms with Gasteiger partial charge in [0.1, 0.15) is 11.6 Å². The molecule has 18 heavy (non-hydrogen) atoms. The van der Waals surface area contributed by atoms with Crippen LogP contribution in [0.15, 0.2) is 12.1 Å². The van der Waals surface area contributed by atoms with Crippen LogP contribution in [0.2, 0.25) is 5.02 Å². The molecule has 5 heteroatoms. The molecular weight excluding hydrogens is 250 g/mol. The molecule has 0 saturated carbocycles. The maximum Gasteiger partial charge on any atom is 0.147 e. The van der Waals surface area contributed by atoms with Gasteiger partial charge in [0.15, 0.2) is 0 Å². The number of anilines is 1. The van der Waals surface area contributed by atoms with Crippen molar-refractivity contribution >= 4 is 17.4 Å². The van der Waals surface area contributed by atoms with Gasteiger partial charge >= 0.3 is 0 Å². The van der Waals surface area contributed by atoms with E-state index in [0.717, 1.165) is 22.4 Å². The van der Waals surface area contributed by atoms with Crippen LogP contribution in [0.4, 0.5) is 5.82 Å². The number of benzene rings is 1. The largest absolute Gasteiger partial charge is 0.494 e. The first-order chi connectivity index (χ1) is 8.45. The molecule has 0 spiro atoms. The Kier molecular flexibility index (Phi) is 3.22. The number of methoxy groups -OCH3 is 1. The molecular formula is C13H16ClN3O. The van der Waals surface area contributed by atoms with Crippen LogP contribution in [0.5, 0.6) is 5.75 Å². The number of rotatable bonds is 2. The number of ether oxygens (including phenoxy) is 1. The van der Waals surface area contributed by atoms with Crippen molar-refractivity contribution < 1.29 is 4.74 Å². The normalized spacial score (nSPS) is 10.7. The number of aryl methyl sites for hydroxylation is 3. The molecule has 0 aliphatic carbocycles. The third kappa shape index (κ3) is 1.93. The minimum Gasteiger partial charge on any atom is -0.494 e. The number of hydrogen-bond donors (Lipinski definition) is 1. The molecule has 0 fully saturated rings. The van der Waals surface area contributed by atoms with E-state index < -0.39 is 0 Å². The predicted octanol–water partition coefficient (Wildman–Crippen LogP) is 2.95. The molecule has 1 aromatic carbocycles. The van der Waals surface area contributed by atoms with Gasteiger partial charge < -0.3 is 10.5 Å². The van der Waals surface area contributed by atoms with E-state index in [0.29, 0.717) is 16.6 Å². The lowest BCUT2D eigenvalue weighted by Crippen LogP contribution is -1.98. The molecule has 2 N–H and O–H groups in total. The van der Waals surface area contributed by atoms with E-state index in [4.69, 9.17) is 22.1 Å². The second kappa shape index (κ2) is 4.53. The van der Waals surface area contributed by atoms with E-state index in [2.05, 4.69) is 5.10 Å². The highest BCUT2D eigenvalue weighted by atomic mass is 35.5. The SMILES string of the molecule is COc1c(Cl)c(C)cc(C)c1-c1cc(N)n(C)n1. The van der Waals surface area contributed by atoms with E-state index in [1.165, 1.54) is 0 Å². The summed E-state index contributed by atoms with van der Waals surface area (Å²) in [6.07, 6.45) is 0. The Morgan fingerprint density at radius 2 is 1.94 bits per heavy atom. The van der Waals surface area contributed by atoms with Crippen LogP contribution >= 0.6 is 11.6 Å². The average molecular weight is 266 g/mol. The summed E-state index contributed by atoms with van der Waals surface area (Å²) in [5.41, 5.74) is 9.52. The average Bonchev–Trinajstić information content (AvgIpc) is 2.63. The third-order valence-corrected chi connectivity index (χ3v) is 3.45. The molecule has 96 valence electrons. The van der Waals surface area contributed by atoms with Crippen molar-refractivity contribution in [3.63, 3.8) is 0 Å². The van der Waals surface area contributed by atoms with Crippen molar-refractivity contribution in [3.05, 3.63) is 28.3 Å². The van der Waals surface area contributed by atoms with Gasteiger partial charge in [-0.05, 0) is 25.0 Å². The van der Waals surface area contributed by atoms with E-state index in [1.54, 1.807) is 18.8 Å². The summed E-state index contributed by atoms with van der Waals surface area (Å²) in [5.74, 6) is 1.25. The maximum absolute atomic E-state index is 6.28. The highest BCUT2D eigenvalue weighted by Gasteiger charge is 2.18. The molecule has 0 aliphatic heterocycles. The molecule has 0 unspecified atom stereocenters. The Balaban J connectivity index is 2.74. The molecule has 0 radical (unpaired) electrons.